The van der Waals surface area contributed by atoms with E-state index in [-0.39, 0.29) is 16.9 Å². The predicted molar refractivity (Wildman–Crippen MR) is 104 cm³/mol. The normalized spacial score (nSPS) is 14.4. The third-order valence-electron chi connectivity index (χ3n) is 4.89. The highest BCUT2D eigenvalue weighted by atomic mass is 19.4. The van der Waals surface area contributed by atoms with Crippen molar-refractivity contribution >= 4 is 0 Å². The molecule has 6 nitrogen and oxygen atoms in total. The van der Waals surface area contributed by atoms with E-state index in [2.05, 4.69) is 24.6 Å². The smallest absolute Gasteiger partial charge is 0.405 e. The van der Waals surface area contributed by atoms with Crippen LogP contribution in [0.25, 0.3) is 11.3 Å². The lowest BCUT2D eigenvalue weighted by molar-refractivity contribution is -0.274. The molecule has 0 fully saturated rings. The van der Waals surface area contributed by atoms with Crippen molar-refractivity contribution in [2.24, 2.45) is 0 Å². The van der Waals surface area contributed by atoms with E-state index in [0.717, 1.165) is 17.8 Å². The average Bonchev–Trinajstić information content (AvgIpc) is 2.68. The van der Waals surface area contributed by atoms with E-state index in [1.807, 2.05) is 6.07 Å². The molecule has 0 atom stereocenters. The van der Waals surface area contributed by atoms with Crippen LogP contribution in [0.2, 0.25) is 0 Å². The number of ether oxygens (including phenoxy) is 1. The Labute approximate surface area is 170 Å². The standard InChI is InChI=1S/C21H19F3N4O2/c1-13-26-18-8-9-28(12-16(18)20(29)27-13)11-14-6-7-17(25-10-14)15-4-2-3-5-19(15)30-21(22,23)24/h2-7,10H,8-9,11-12H2,1H3,(H,26,27,29). The van der Waals surface area contributed by atoms with Gasteiger partial charge >= 0.3 is 6.36 Å². The van der Waals surface area contributed by atoms with E-state index >= 15 is 0 Å². The molecule has 0 saturated heterocycles. The van der Waals surface area contributed by atoms with E-state index in [1.54, 1.807) is 25.3 Å². The van der Waals surface area contributed by atoms with Gasteiger partial charge in [-0.2, -0.15) is 0 Å². The SMILES string of the molecule is Cc1nc2c(c(=O)[nH]1)CN(Cc1ccc(-c3ccccc3OC(F)(F)F)nc1)CC2. The fraction of sp³-hybridized carbons (Fsp3) is 0.286. The zero-order chi connectivity index (χ0) is 21.3. The van der Waals surface area contributed by atoms with Crippen molar-refractivity contribution in [1.29, 1.82) is 0 Å². The van der Waals surface area contributed by atoms with Crippen LogP contribution in [-0.4, -0.2) is 32.8 Å². The summed E-state index contributed by atoms with van der Waals surface area (Å²) in [4.78, 5) is 25.8. The summed E-state index contributed by atoms with van der Waals surface area (Å²) >= 11 is 0. The van der Waals surface area contributed by atoms with Crippen molar-refractivity contribution in [2.75, 3.05) is 6.54 Å². The molecule has 0 spiro atoms. The van der Waals surface area contributed by atoms with E-state index in [9.17, 15) is 18.0 Å². The molecule has 3 heterocycles. The Balaban J connectivity index is 1.50. The largest absolute Gasteiger partial charge is 0.573 e. The number of para-hydroxylation sites is 1. The number of alkyl halides is 3. The minimum atomic E-state index is -4.77. The Morgan fingerprint density at radius 3 is 2.73 bits per heavy atom. The lowest BCUT2D eigenvalue weighted by atomic mass is 10.1. The predicted octanol–water partition coefficient (Wildman–Crippen LogP) is 3.60. The van der Waals surface area contributed by atoms with Crippen LogP contribution >= 0.6 is 0 Å². The second-order valence-corrected chi connectivity index (χ2v) is 7.13. The Hall–Kier alpha value is -3.20. The molecular weight excluding hydrogens is 397 g/mol. The fourth-order valence-corrected chi connectivity index (χ4v) is 3.57. The zero-order valence-corrected chi connectivity index (χ0v) is 16.2. The molecule has 0 unspecified atom stereocenters. The molecule has 156 valence electrons. The minimum Gasteiger partial charge on any atom is -0.405 e. The number of hydrogen-bond acceptors (Lipinski definition) is 5. The van der Waals surface area contributed by atoms with Crippen molar-refractivity contribution in [3.63, 3.8) is 0 Å². The number of pyridine rings is 1. The third kappa shape index (κ3) is 4.51. The Morgan fingerprint density at radius 1 is 1.20 bits per heavy atom. The zero-order valence-electron chi connectivity index (χ0n) is 16.2. The molecule has 0 amide bonds. The molecule has 3 aromatic rings. The van der Waals surface area contributed by atoms with Gasteiger partial charge in [0.25, 0.3) is 5.56 Å². The van der Waals surface area contributed by atoms with Gasteiger partial charge in [-0.05, 0) is 30.7 Å². The molecule has 9 heteroatoms. The Bertz CT molecular complexity index is 1110. The Morgan fingerprint density at radius 2 is 2.00 bits per heavy atom. The third-order valence-corrected chi connectivity index (χ3v) is 4.89. The van der Waals surface area contributed by atoms with E-state index in [1.165, 1.54) is 18.2 Å². The number of rotatable bonds is 4. The summed E-state index contributed by atoms with van der Waals surface area (Å²) in [7, 11) is 0. The number of nitrogens with one attached hydrogen (secondary N) is 1. The lowest BCUT2D eigenvalue weighted by Gasteiger charge is -2.27. The topological polar surface area (TPSA) is 71.1 Å². The second-order valence-electron chi connectivity index (χ2n) is 7.13. The van der Waals surface area contributed by atoms with Gasteiger partial charge in [-0.15, -0.1) is 13.2 Å². The fourth-order valence-electron chi connectivity index (χ4n) is 3.57. The Kier molecular flexibility index (Phi) is 5.29. The van der Waals surface area contributed by atoms with Crippen molar-refractivity contribution in [2.45, 2.75) is 32.8 Å². The number of fused-ring (bicyclic) bond motifs is 1. The molecule has 1 aliphatic rings. The maximum Gasteiger partial charge on any atom is 0.573 e. The lowest BCUT2D eigenvalue weighted by Crippen LogP contribution is -2.35. The molecule has 4 rings (SSSR count). The van der Waals surface area contributed by atoms with Crippen LogP contribution in [-0.2, 0) is 19.5 Å². The van der Waals surface area contributed by atoms with E-state index < -0.39 is 6.36 Å². The first-order chi connectivity index (χ1) is 14.3. The van der Waals surface area contributed by atoms with Crippen LogP contribution in [0.4, 0.5) is 13.2 Å². The maximum absolute atomic E-state index is 12.6. The minimum absolute atomic E-state index is 0.114. The average molecular weight is 416 g/mol. The first kappa shape index (κ1) is 20.1. The van der Waals surface area contributed by atoms with E-state index in [0.29, 0.717) is 36.6 Å². The highest BCUT2D eigenvalue weighted by Crippen LogP contribution is 2.32. The monoisotopic (exact) mass is 416 g/mol. The number of nitrogens with zero attached hydrogens (tertiary/aromatic N) is 3. The number of halogens is 3. The summed E-state index contributed by atoms with van der Waals surface area (Å²) in [5.41, 5.74) is 2.95. The molecule has 1 aliphatic heterocycles. The van der Waals surface area contributed by atoms with Crippen LogP contribution < -0.4 is 10.3 Å². The maximum atomic E-state index is 12.6. The van der Waals surface area contributed by atoms with Crippen LogP contribution in [0.15, 0.2) is 47.4 Å². The summed E-state index contributed by atoms with van der Waals surface area (Å²) in [6.45, 7) is 3.58. The van der Waals surface area contributed by atoms with Gasteiger partial charge < -0.3 is 9.72 Å². The van der Waals surface area contributed by atoms with E-state index in [4.69, 9.17) is 0 Å². The summed E-state index contributed by atoms with van der Waals surface area (Å²) in [6.07, 6.45) is -2.45. The molecule has 1 aromatic carbocycles. The summed E-state index contributed by atoms with van der Waals surface area (Å²) in [6, 6.07) is 9.39. The van der Waals surface area contributed by atoms with Crippen molar-refractivity contribution in [3.8, 4) is 17.0 Å². The molecule has 0 bridgehead atoms. The van der Waals surface area contributed by atoms with Crippen LogP contribution in [0.1, 0.15) is 22.6 Å². The van der Waals surface area contributed by atoms with Gasteiger partial charge in [0.05, 0.1) is 17.0 Å². The molecule has 2 aromatic heterocycles. The molecule has 0 aliphatic carbocycles. The summed E-state index contributed by atoms with van der Waals surface area (Å²) in [5.74, 6) is 0.321. The van der Waals surface area contributed by atoms with Gasteiger partial charge in [0.1, 0.15) is 11.6 Å². The molecule has 1 N–H and O–H groups in total. The van der Waals surface area contributed by atoms with Crippen molar-refractivity contribution < 1.29 is 17.9 Å². The number of H-pyrrole nitrogens is 1. The highest BCUT2D eigenvalue weighted by Gasteiger charge is 2.32. The highest BCUT2D eigenvalue weighted by molar-refractivity contribution is 5.67. The molecule has 0 saturated carbocycles. The van der Waals surface area contributed by atoms with Crippen molar-refractivity contribution in [3.05, 3.63) is 75.6 Å². The van der Waals surface area contributed by atoms with Gasteiger partial charge in [-0.1, -0.05) is 18.2 Å². The molecular formula is C21H19F3N4O2. The first-order valence-electron chi connectivity index (χ1n) is 9.39. The number of aryl methyl sites for hydroxylation is 1. The van der Waals surface area contributed by atoms with Crippen molar-refractivity contribution in [1.82, 2.24) is 19.9 Å². The summed E-state index contributed by atoms with van der Waals surface area (Å²) in [5, 5.41) is 0. The van der Waals surface area contributed by atoms with Crippen LogP contribution in [0, 0.1) is 6.92 Å². The van der Waals surface area contributed by atoms with Gasteiger partial charge in [-0.3, -0.25) is 14.7 Å². The van der Waals surface area contributed by atoms with Gasteiger partial charge in [0, 0.05) is 37.8 Å². The van der Waals surface area contributed by atoms with Gasteiger partial charge in [0.15, 0.2) is 0 Å². The molecule has 0 radical (unpaired) electrons. The number of benzene rings is 1. The number of hydrogen-bond donors (Lipinski definition) is 1. The second kappa shape index (κ2) is 7.91. The van der Waals surface area contributed by atoms with Crippen LogP contribution in [0.3, 0.4) is 0 Å². The van der Waals surface area contributed by atoms with Gasteiger partial charge in [-0.25, -0.2) is 4.98 Å². The number of aromatic nitrogens is 3. The molecule has 30 heavy (non-hydrogen) atoms. The van der Waals surface area contributed by atoms with Crippen LogP contribution in [0.5, 0.6) is 5.75 Å². The quantitative estimate of drug-likeness (QED) is 0.704. The summed E-state index contributed by atoms with van der Waals surface area (Å²) < 4.78 is 42.0. The van der Waals surface area contributed by atoms with Gasteiger partial charge in [0.2, 0.25) is 0 Å². The number of aromatic amines is 1. The first-order valence-corrected chi connectivity index (χ1v) is 9.39.